The first kappa shape index (κ1) is 15.1. The standard InChI is InChI=1S/C15H16ClNO2S/c1-3-13(15(18)19)20-8-12-14(16)9(2)10-6-4-5-7-11(10)17-12/h4-7,13H,3,8H2,1-2H3,(H,18,19). The summed E-state index contributed by atoms with van der Waals surface area (Å²) in [7, 11) is 0. The van der Waals surface area contributed by atoms with E-state index in [-0.39, 0.29) is 0 Å². The van der Waals surface area contributed by atoms with E-state index in [9.17, 15) is 4.79 Å². The minimum Gasteiger partial charge on any atom is -0.480 e. The maximum absolute atomic E-state index is 11.0. The molecule has 5 heteroatoms. The molecule has 2 rings (SSSR count). The van der Waals surface area contributed by atoms with Gasteiger partial charge in [0.05, 0.1) is 16.2 Å². The van der Waals surface area contributed by atoms with Crippen molar-refractivity contribution < 1.29 is 9.90 Å². The fourth-order valence-electron chi connectivity index (χ4n) is 2.06. The van der Waals surface area contributed by atoms with Crippen molar-refractivity contribution in [1.82, 2.24) is 4.98 Å². The van der Waals surface area contributed by atoms with Gasteiger partial charge in [-0.2, -0.15) is 0 Å². The van der Waals surface area contributed by atoms with Gasteiger partial charge in [0.25, 0.3) is 0 Å². The normalized spacial score (nSPS) is 12.6. The summed E-state index contributed by atoms with van der Waals surface area (Å²) in [5.41, 5.74) is 2.65. The number of carbonyl (C=O) groups is 1. The summed E-state index contributed by atoms with van der Waals surface area (Å²) in [6, 6.07) is 7.83. The third kappa shape index (κ3) is 3.07. The summed E-state index contributed by atoms with van der Waals surface area (Å²) in [5, 5.41) is 10.3. The largest absolute Gasteiger partial charge is 0.480 e. The molecule has 0 saturated heterocycles. The van der Waals surface area contributed by atoms with Crippen LogP contribution in [0.4, 0.5) is 0 Å². The van der Waals surface area contributed by atoms with Crippen molar-refractivity contribution in [2.45, 2.75) is 31.3 Å². The van der Waals surface area contributed by atoms with E-state index < -0.39 is 11.2 Å². The van der Waals surface area contributed by atoms with Gasteiger partial charge in [0.15, 0.2) is 0 Å². The van der Waals surface area contributed by atoms with Gasteiger partial charge in [-0.15, -0.1) is 11.8 Å². The van der Waals surface area contributed by atoms with Crippen LogP contribution < -0.4 is 0 Å². The Morgan fingerprint density at radius 1 is 1.45 bits per heavy atom. The molecule has 1 heterocycles. The predicted molar refractivity (Wildman–Crippen MR) is 84.5 cm³/mol. The van der Waals surface area contributed by atoms with Crippen molar-refractivity contribution >= 4 is 40.2 Å². The van der Waals surface area contributed by atoms with Gasteiger partial charge >= 0.3 is 5.97 Å². The van der Waals surface area contributed by atoms with Crippen molar-refractivity contribution in [2.24, 2.45) is 0 Å². The summed E-state index contributed by atoms with van der Waals surface area (Å²) < 4.78 is 0. The van der Waals surface area contributed by atoms with Gasteiger partial charge in [-0.1, -0.05) is 36.7 Å². The van der Waals surface area contributed by atoms with E-state index in [2.05, 4.69) is 4.98 Å². The van der Waals surface area contributed by atoms with Gasteiger partial charge in [0.2, 0.25) is 0 Å². The van der Waals surface area contributed by atoms with Crippen LogP contribution in [0, 0.1) is 6.92 Å². The molecule has 0 saturated carbocycles. The number of aliphatic carboxylic acids is 1. The lowest BCUT2D eigenvalue weighted by Crippen LogP contribution is -2.15. The molecule has 20 heavy (non-hydrogen) atoms. The summed E-state index contributed by atoms with van der Waals surface area (Å²) in [5.74, 6) is -0.277. The molecule has 0 bridgehead atoms. The summed E-state index contributed by atoms with van der Waals surface area (Å²) in [4.78, 5) is 15.6. The number of pyridine rings is 1. The molecule has 1 atom stereocenters. The maximum atomic E-state index is 11.0. The number of carboxylic acids is 1. The van der Waals surface area contributed by atoms with Crippen LogP contribution in [0.1, 0.15) is 24.6 Å². The Kier molecular flexibility index (Phi) is 4.89. The molecular weight excluding hydrogens is 294 g/mol. The highest BCUT2D eigenvalue weighted by Gasteiger charge is 2.17. The number of thioether (sulfide) groups is 1. The summed E-state index contributed by atoms with van der Waals surface area (Å²) in [6.45, 7) is 3.83. The number of carboxylic acid groups (broad SMARTS) is 1. The maximum Gasteiger partial charge on any atom is 0.316 e. The zero-order valence-electron chi connectivity index (χ0n) is 11.4. The number of aromatic nitrogens is 1. The minimum absolute atomic E-state index is 0.417. The Balaban J connectivity index is 2.31. The molecule has 0 aliphatic carbocycles. The van der Waals surface area contributed by atoms with E-state index in [4.69, 9.17) is 16.7 Å². The lowest BCUT2D eigenvalue weighted by molar-refractivity contribution is -0.136. The molecule has 2 aromatic rings. The number of benzene rings is 1. The Morgan fingerprint density at radius 3 is 2.80 bits per heavy atom. The second kappa shape index (κ2) is 6.46. The third-order valence-corrected chi connectivity index (χ3v) is 5.09. The number of rotatable bonds is 5. The molecule has 0 aliphatic rings. The Labute approximate surface area is 127 Å². The quantitative estimate of drug-likeness (QED) is 0.895. The Hall–Kier alpha value is -1.26. The number of hydrogen-bond acceptors (Lipinski definition) is 3. The molecule has 0 spiro atoms. The lowest BCUT2D eigenvalue weighted by Gasteiger charge is -2.12. The molecule has 0 aliphatic heterocycles. The van der Waals surface area contributed by atoms with E-state index in [0.717, 1.165) is 22.2 Å². The molecular formula is C15H16ClNO2S. The van der Waals surface area contributed by atoms with Gasteiger partial charge in [0, 0.05) is 11.1 Å². The second-order valence-corrected chi connectivity index (χ2v) is 6.13. The van der Waals surface area contributed by atoms with Gasteiger partial charge in [0.1, 0.15) is 5.25 Å². The highest BCUT2D eigenvalue weighted by Crippen LogP contribution is 2.30. The van der Waals surface area contributed by atoms with Crippen LogP contribution in [0.2, 0.25) is 5.02 Å². The van der Waals surface area contributed by atoms with Crippen LogP contribution in [0.3, 0.4) is 0 Å². The first-order valence-corrected chi connectivity index (χ1v) is 7.85. The lowest BCUT2D eigenvalue weighted by atomic mass is 10.1. The summed E-state index contributed by atoms with van der Waals surface area (Å²) in [6.07, 6.45) is 0.587. The topological polar surface area (TPSA) is 50.2 Å². The van der Waals surface area contributed by atoms with Crippen molar-refractivity contribution in [1.29, 1.82) is 0 Å². The van der Waals surface area contributed by atoms with E-state index in [1.807, 2.05) is 38.1 Å². The first-order valence-electron chi connectivity index (χ1n) is 6.42. The van der Waals surface area contributed by atoms with E-state index in [1.54, 1.807) is 0 Å². The van der Waals surface area contributed by atoms with Gasteiger partial charge in [-0.3, -0.25) is 9.78 Å². The number of hydrogen-bond donors (Lipinski definition) is 1. The highest BCUT2D eigenvalue weighted by atomic mass is 35.5. The molecule has 1 N–H and O–H groups in total. The fraction of sp³-hybridized carbons (Fsp3) is 0.333. The van der Waals surface area contributed by atoms with Crippen LogP contribution in [0.5, 0.6) is 0 Å². The van der Waals surface area contributed by atoms with Crippen LogP contribution in [0.15, 0.2) is 24.3 Å². The zero-order chi connectivity index (χ0) is 14.7. The number of para-hydroxylation sites is 1. The predicted octanol–water partition coefficient (Wildman–Crippen LogP) is 4.29. The molecule has 0 amide bonds. The smallest absolute Gasteiger partial charge is 0.316 e. The van der Waals surface area contributed by atoms with E-state index in [0.29, 0.717) is 17.2 Å². The molecule has 0 radical (unpaired) electrons. The molecule has 3 nitrogen and oxygen atoms in total. The molecule has 0 fully saturated rings. The number of halogens is 1. The van der Waals surface area contributed by atoms with Crippen molar-refractivity contribution in [3.05, 3.63) is 40.5 Å². The molecule has 1 aromatic carbocycles. The Morgan fingerprint density at radius 2 is 2.15 bits per heavy atom. The second-order valence-electron chi connectivity index (χ2n) is 4.56. The molecule has 1 aromatic heterocycles. The SMILES string of the molecule is CCC(SCc1nc2ccccc2c(C)c1Cl)C(=O)O. The zero-order valence-corrected chi connectivity index (χ0v) is 13.0. The molecule has 1 unspecified atom stereocenters. The summed E-state index contributed by atoms with van der Waals surface area (Å²) >= 11 is 7.72. The number of aryl methyl sites for hydroxylation is 1. The van der Waals surface area contributed by atoms with Gasteiger partial charge in [-0.05, 0) is 25.0 Å². The monoisotopic (exact) mass is 309 g/mol. The number of nitrogens with zero attached hydrogens (tertiary/aromatic N) is 1. The average molecular weight is 310 g/mol. The van der Waals surface area contributed by atoms with Gasteiger partial charge in [-0.25, -0.2) is 0 Å². The van der Waals surface area contributed by atoms with Crippen LogP contribution in [0.25, 0.3) is 10.9 Å². The Bertz CT molecular complexity index is 645. The fourth-order valence-corrected chi connectivity index (χ4v) is 3.29. The van der Waals surface area contributed by atoms with Crippen LogP contribution in [-0.2, 0) is 10.5 Å². The van der Waals surface area contributed by atoms with Crippen molar-refractivity contribution in [2.75, 3.05) is 0 Å². The third-order valence-electron chi connectivity index (χ3n) is 3.21. The highest BCUT2D eigenvalue weighted by molar-refractivity contribution is 7.99. The average Bonchev–Trinajstić information content (AvgIpc) is 2.44. The van der Waals surface area contributed by atoms with E-state index in [1.165, 1.54) is 11.8 Å². The van der Waals surface area contributed by atoms with E-state index >= 15 is 0 Å². The van der Waals surface area contributed by atoms with Crippen LogP contribution >= 0.6 is 23.4 Å². The minimum atomic E-state index is -0.786. The molecule has 106 valence electrons. The van der Waals surface area contributed by atoms with Crippen molar-refractivity contribution in [3.8, 4) is 0 Å². The van der Waals surface area contributed by atoms with Gasteiger partial charge < -0.3 is 5.11 Å². The first-order chi connectivity index (χ1) is 9.54. The van der Waals surface area contributed by atoms with Crippen molar-refractivity contribution in [3.63, 3.8) is 0 Å². The van der Waals surface area contributed by atoms with Crippen LogP contribution in [-0.4, -0.2) is 21.3 Å². The number of fused-ring (bicyclic) bond motifs is 1.